The summed E-state index contributed by atoms with van der Waals surface area (Å²) in [5, 5.41) is 2.87. The largest absolute Gasteiger partial charge is 0.464 e. The van der Waals surface area contributed by atoms with Crippen LogP contribution in [0.1, 0.15) is 49.4 Å². The fourth-order valence-electron chi connectivity index (χ4n) is 4.07. The number of benzene rings is 1. The highest BCUT2D eigenvalue weighted by atomic mass is 32.2. The molecule has 1 amide bonds. The van der Waals surface area contributed by atoms with Crippen molar-refractivity contribution >= 4 is 21.9 Å². The number of carbonyl (C=O) groups excluding carboxylic acids is 2. The molecular formula is C21H31N3O5S. The third-order valence-corrected chi connectivity index (χ3v) is 7.82. The van der Waals surface area contributed by atoms with E-state index in [1.54, 1.807) is 19.1 Å². The summed E-state index contributed by atoms with van der Waals surface area (Å²) < 4.78 is 32.7. The molecule has 1 aromatic carbocycles. The first kappa shape index (κ1) is 22.7. The molecule has 30 heavy (non-hydrogen) atoms. The van der Waals surface area contributed by atoms with E-state index in [4.69, 9.17) is 4.74 Å². The molecule has 0 atom stereocenters. The van der Waals surface area contributed by atoms with Gasteiger partial charge in [-0.15, -0.1) is 0 Å². The van der Waals surface area contributed by atoms with Crippen molar-refractivity contribution in [3.05, 3.63) is 29.8 Å². The number of piperazine rings is 1. The number of nitrogens with one attached hydrogen (secondary N) is 1. The molecule has 2 fully saturated rings. The summed E-state index contributed by atoms with van der Waals surface area (Å²) in [5.41, 5.74) is -0.822. The molecule has 0 radical (unpaired) electrons. The third-order valence-electron chi connectivity index (χ3n) is 5.92. The fourth-order valence-corrected chi connectivity index (χ4v) is 5.54. The van der Waals surface area contributed by atoms with E-state index in [1.807, 2.05) is 7.05 Å². The van der Waals surface area contributed by atoms with Crippen LogP contribution < -0.4 is 5.32 Å². The number of nitrogens with zero attached hydrogens (tertiary/aromatic N) is 2. The highest BCUT2D eigenvalue weighted by Crippen LogP contribution is 2.30. The molecule has 9 heteroatoms. The van der Waals surface area contributed by atoms with E-state index < -0.39 is 27.4 Å². The SMILES string of the molecule is CCOC(=O)C1(NC(=O)c2cccc(S(=O)(=O)N3CCN(C)CC3)c2)CCCCC1. The van der Waals surface area contributed by atoms with Gasteiger partial charge in [0, 0.05) is 31.7 Å². The minimum atomic E-state index is -3.68. The smallest absolute Gasteiger partial charge is 0.331 e. The number of esters is 1. The van der Waals surface area contributed by atoms with Gasteiger partial charge < -0.3 is 15.0 Å². The van der Waals surface area contributed by atoms with Gasteiger partial charge in [0.2, 0.25) is 10.0 Å². The highest BCUT2D eigenvalue weighted by Gasteiger charge is 2.42. The van der Waals surface area contributed by atoms with Crippen LogP contribution in [-0.4, -0.2) is 74.9 Å². The van der Waals surface area contributed by atoms with Crippen LogP contribution in [0.5, 0.6) is 0 Å². The number of ether oxygens (including phenoxy) is 1. The summed E-state index contributed by atoms with van der Waals surface area (Å²) in [7, 11) is -1.72. The Morgan fingerprint density at radius 3 is 2.40 bits per heavy atom. The lowest BCUT2D eigenvalue weighted by Crippen LogP contribution is -2.56. The van der Waals surface area contributed by atoms with Gasteiger partial charge in [0.05, 0.1) is 11.5 Å². The molecule has 1 aromatic rings. The lowest BCUT2D eigenvalue weighted by molar-refractivity contribution is -0.152. The zero-order chi connectivity index (χ0) is 21.8. The normalized spacial score (nSPS) is 20.5. The number of hydrogen-bond donors (Lipinski definition) is 1. The van der Waals surface area contributed by atoms with E-state index in [0.29, 0.717) is 39.0 Å². The summed E-state index contributed by atoms with van der Waals surface area (Å²) in [6.07, 6.45) is 3.72. The van der Waals surface area contributed by atoms with Gasteiger partial charge in [-0.25, -0.2) is 13.2 Å². The van der Waals surface area contributed by atoms with Gasteiger partial charge in [0.25, 0.3) is 5.91 Å². The van der Waals surface area contributed by atoms with E-state index in [2.05, 4.69) is 10.2 Å². The van der Waals surface area contributed by atoms with E-state index in [1.165, 1.54) is 16.4 Å². The first-order valence-electron chi connectivity index (χ1n) is 10.6. The molecule has 1 saturated heterocycles. The molecule has 0 spiro atoms. The van der Waals surface area contributed by atoms with Crippen molar-refractivity contribution in [3.8, 4) is 0 Å². The molecule has 0 unspecified atom stereocenters. The molecular weight excluding hydrogens is 406 g/mol. The first-order valence-corrected chi connectivity index (χ1v) is 12.0. The molecule has 2 aliphatic rings. The maximum atomic E-state index is 13.0. The van der Waals surface area contributed by atoms with Gasteiger partial charge in [0.15, 0.2) is 0 Å². The third kappa shape index (κ3) is 4.84. The van der Waals surface area contributed by atoms with Crippen molar-refractivity contribution in [3.63, 3.8) is 0 Å². The molecule has 8 nitrogen and oxygen atoms in total. The van der Waals surface area contributed by atoms with Crippen LogP contribution in [-0.2, 0) is 19.6 Å². The Kier molecular flexibility index (Phi) is 7.15. The number of amides is 1. The lowest BCUT2D eigenvalue weighted by atomic mass is 9.81. The summed E-state index contributed by atoms with van der Waals surface area (Å²) in [4.78, 5) is 27.8. The van der Waals surface area contributed by atoms with Crippen molar-refractivity contribution in [1.29, 1.82) is 0 Å². The summed E-state index contributed by atoms with van der Waals surface area (Å²) in [5.74, 6) is -0.875. The Morgan fingerprint density at radius 1 is 1.10 bits per heavy atom. The monoisotopic (exact) mass is 437 g/mol. The summed E-state index contributed by atoms with van der Waals surface area (Å²) in [6.45, 7) is 4.16. The van der Waals surface area contributed by atoms with E-state index in [9.17, 15) is 18.0 Å². The van der Waals surface area contributed by atoms with Crippen molar-refractivity contribution in [2.75, 3.05) is 39.8 Å². The standard InChI is InChI=1S/C21H31N3O5S/c1-3-29-20(26)21(10-5-4-6-11-21)22-19(25)17-8-7-9-18(16-17)30(27,28)24-14-12-23(2)13-15-24/h7-9,16H,3-6,10-15H2,1-2H3,(H,22,25). The van der Waals surface area contributed by atoms with Gasteiger partial charge in [-0.3, -0.25) is 4.79 Å². The van der Waals surface area contributed by atoms with Crippen molar-refractivity contribution in [2.24, 2.45) is 0 Å². The maximum Gasteiger partial charge on any atom is 0.331 e. The molecule has 1 N–H and O–H groups in total. The Hall–Kier alpha value is -1.97. The minimum absolute atomic E-state index is 0.0912. The first-order chi connectivity index (χ1) is 14.3. The number of carbonyl (C=O) groups is 2. The number of likely N-dealkylation sites (N-methyl/N-ethyl adjacent to an activating group) is 1. The van der Waals surface area contributed by atoms with Gasteiger partial charge in [0.1, 0.15) is 5.54 Å². The number of hydrogen-bond acceptors (Lipinski definition) is 6. The number of rotatable bonds is 6. The topological polar surface area (TPSA) is 96.0 Å². The molecule has 3 rings (SSSR count). The van der Waals surface area contributed by atoms with Crippen molar-refractivity contribution in [1.82, 2.24) is 14.5 Å². The van der Waals surface area contributed by atoms with Crippen LogP contribution in [0, 0.1) is 0 Å². The average molecular weight is 438 g/mol. The van der Waals surface area contributed by atoms with Crippen LogP contribution in [0.2, 0.25) is 0 Å². The Bertz CT molecular complexity index is 872. The van der Waals surface area contributed by atoms with Crippen molar-refractivity contribution in [2.45, 2.75) is 49.5 Å². The Labute approximate surface area is 178 Å². The van der Waals surface area contributed by atoms with Crippen LogP contribution >= 0.6 is 0 Å². The minimum Gasteiger partial charge on any atom is -0.464 e. The fraction of sp³-hybridized carbons (Fsp3) is 0.619. The Balaban J connectivity index is 1.80. The maximum absolute atomic E-state index is 13.0. The van der Waals surface area contributed by atoms with Crippen LogP contribution in [0.3, 0.4) is 0 Å². The lowest BCUT2D eigenvalue weighted by Gasteiger charge is -2.35. The molecule has 1 heterocycles. The van der Waals surface area contributed by atoms with Crippen LogP contribution in [0.25, 0.3) is 0 Å². The summed E-state index contributed by atoms with van der Waals surface area (Å²) in [6, 6.07) is 6.03. The molecule has 0 bridgehead atoms. The molecule has 1 saturated carbocycles. The molecule has 1 aliphatic heterocycles. The molecule has 166 valence electrons. The van der Waals surface area contributed by atoms with E-state index >= 15 is 0 Å². The van der Waals surface area contributed by atoms with Crippen LogP contribution in [0.4, 0.5) is 0 Å². The average Bonchev–Trinajstić information content (AvgIpc) is 2.75. The second kappa shape index (κ2) is 9.45. The molecule has 0 aromatic heterocycles. The predicted octanol–water partition coefficient (Wildman–Crippen LogP) is 1.62. The van der Waals surface area contributed by atoms with Crippen LogP contribution in [0.15, 0.2) is 29.2 Å². The van der Waals surface area contributed by atoms with Gasteiger partial charge in [-0.1, -0.05) is 25.3 Å². The van der Waals surface area contributed by atoms with Gasteiger partial charge in [-0.2, -0.15) is 4.31 Å². The second-order valence-electron chi connectivity index (χ2n) is 8.05. The predicted molar refractivity (Wildman–Crippen MR) is 113 cm³/mol. The Morgan fingerprint density at radius 2 is 1.77 bits per heavy atom. The second-order valence-corrected chi connectivity index (χ2v) is 9.99. The highest BCUT2D eigenvalue weighted by molar-refractivity contribution is 7.89. The number of sulfonamides is 1. The van der Waals surface area contributed by atoms with E-state index in [-0.39, 0.29) is 17.1 Å². The van der Waals surface area contributed by atoms with E-state index in [0.717, 1.165) is 19.3 Å². The summed E-state index contributed by atoms with van der Waals surface area (Å²) >= 11 is 0. The zero-order valence-electron chi connectivity index (χ0n) is 17.7. The van der Waals surface area contributed by atoms with Gasteiger partial charge >= 0.3 is 5.97 Å². The molecule has 1 aliphatic carbocycles. The quantitative estimate of drug-likeness (QED) is 0.680. The van der Waals surface area contributed by atoms with Crippen molar-refractivity contribution < 1.29 is 22.7 Å². The van der Waals surface area contributed by atoms with Gasteiger partial charge in [-0.05, 0) is 45.0 Å². The zero-order valence-corrected chi connectivity index (χ0v) is 18.5.